The molecule has 1 aromatic carbocycles. The molecule has 0 bridgehead atoms. The van der Waals surface area contributed by atoms with E-state index in [-0.39, 0.29) is 17.3 Å². The van der Waals surface area contributed by atoms with Crippen molar-refractivity contribution in [3.05, 3.63) is 108 Å². The zero-order valence-electron chi connectivity index (χ0n) is 21.4. The third kappa shape index (κ3) is 5.31. The fourth-order valence-corrected chi connectivity index (χ4v) is 4.79. The molecule has 2 N–H and O–H groups in total. The van der Waals surface area contributed by atoms with Crippen LogP contribution in [-0.2, 0) is 0 Å². The van der Waals surface area contributed by atoms with Gasteiger partial charge in [0.25, 0.3) is 0 Å². The molecule has 36 heavy (non-hydrogen) atoms. The summed E-state index contributed by atoms with van der Waals surface area (Å²) in [7, 11) is 0. The molecule has 0 saturated heterocycles. The highest BCUT2D eigenvalue weighted by atomic mass is 19.1. The van der Waals surface area contributed by atoms with Crippen molar-refractivity contribution >= 4 is 11.7 Å². The van der Waals surface area contributed by atoms with E-state index in [0.29, 0.717) is 0 Å². The third-order valence-corrected chi connectivity index (χ3v) is 6.91. The van der Waals surface area contributed by atoms with Crippen LogP contribution >= 0.6 is 0 Å². The number of aryl methyl sites for hydroxylation is 1. The van der Waals surface area contributed by atoms with E-state index in [0.717, 1.165) is 58.6 Å². The number of halogens is 1. The van der Waals surface area contributed by atoms with Gasteiger partial charge in [-0.1, -0.05) is 42.5 Å². The summed E-state index contributed by atoms with van der Waals surface area (Å²) in [6, 6.07) is 6.71. The van der Waals surface area contributed by atoms with E-state index in [9.17, 15) is 4.39 Å². The van der Waals surface area contributed by atoms with Crippen LogP contribution in [0.25, 0.3) is 23.0 Å². The highest BCUT2D eigenvalue weighted by molar-refractivity contribution is 5.68. The topological polar surface area (TPSA) is 56.2 Å². The standard InChI is InChI=1S/C31H35FN4/c1-5-10-23(11-6-2)27-21-36-30(20-29(35-36)26-16-15-25(32)19-22(26)4)34-28(27)14-8-13-24(12-7-3)31(33)17-9-18-31/h5-8,11-16,19-21,23H,1,9-10,17-18,33H2,2-4H3/b11-6-,12-7-,14-8+,24-13+. The lowest BCUT2D eigenvalue weighted by Gasteiger charge is -2.39. The Morgan fingerprint density at radius 2 is 2.06 bits per heavy atom. The van der Waals surface area contributed by atoms with Gasteiger partial charge in [-0.15, -0.1) is 6.58 Å². The van der Waals surface area contributed by atoms with Crippen molar-refractivity contribution in [2.24, 2.45) is 5.73 Å². The Morgan fingerprint density at radius 1 is 1.25 bits per heavy atom. The largest absolute Gasteiger partial charge is 0.321 e. The van der Waals surface area contributed by atoms with E-state index < -0.39 is 0 Å². The Morgan fingerprint density at radius 3 is 2.69 bits per heavy atom. The molecule has 1 atom stereocenters. The van der Waals surface area contributed by atoms with Gasteiger partial charge in [-0.2, -0.15) is 5.10 Å². The molecule has 0 radical (unpaired) electrons. The van der Waals surface area contributed by atoms with E-state index in [1.807, 2.05) is 55.8 Å². The predicted octanol–water partition coefficient (Wildman–Crippen LogP) is 7.48. The van der Waals surface area contributed by atoms with E-state index in [4.69, 9.17) is 15.8 Å². The van der Waals surface area contributed by atoms with E-state index in [1.54, 1.807) is 6.07 Å². The number of nitrogens with two attached hydrogens (primary N) is 1. The number of aromatic nitrogens is 3. The van der Waals surface area contributed by atoms with Crippen molar-refractivity contribution in [1.82, 2.24) is 14.6 Å². The van der Waals surface area contributed by atoms with Crippen LogP contribution < -0.4 is 5.73 Å². The van der Waals surface area contributed by atoms with Gasteiger partial charge in [-0.25, -0.2) is 13.9 Å². The van der Waals surface area contributed by atoms with Crippen molar-refractivity contribution in [3.8, 4) is 11.3 Å². The van der Waals surface area contributed by atoms with Gasteiger partial charge in [0.1, 0.15) is 5.82 Å². The highest BCUT2D eigenvalue weighted by Crippen LogP contribution is 2.36. The lowest BCUT2D eigenvalue weighted by atomic mass is 9.72. The minimum atomic E-state index is -0.252. The maximum Gasteiger partial charge on any atom is 0.156 e. The number of fused-ring (bicyclic) bond motifs is 1. The summed E-state index contributed by atoms with van der Waals surface area (Å²) in [4.78, 5) is 4.99. The molecule has 1 aliphatic rings. The molecule has 1 unspecified atom stereocenters. The lowest BCUT2D eigenvalue weighted by Crippen LogP contribution is -2.47. The van der Waals surface area contributed by atoms with Crippen LogP contribution in [0.3, 0.4) is 0 Å². The van der Waals surface area contributed by atoms with Crippen molar-refractivity contribution in [2.45, 2.75) is 57.9 Å². The van der Waals surface area contributed by atoms with Crippen LogP contribution in [0, 0.1) is 12.7 Å². The molecule has 0 aliphatic heterocycles. The van der Waals surface area contributed by atoms with Crippen molar-refractivity contribution in [2.75, 3.05) is 0 Å². The van der Waals surface area contributed by atoms with Crippen LogP contribution in [0.15, 0.2) is 85.1 Å². The first-order chi connectivity index (χ1) is 17.4. The zero-order chi connectivity index (χ0) is 25.7. The van der Waals surface area contributed by atoms with Crippen LogP contribution in [-0.4, -0.2) is 20.1 Å². The maximum atomic E-state index is 13.7. The molecule has 1 saturated carbocycles. The summed E-state index contributed by atoms with van der Waals surface area (Å²) in [5.74, 6) is -0.131. The Balaban J connectivity index is 1.81. The summed E-state index contributed by atoms with van der Waals surface area (Å²) in [6.45, 7) is 9.88. The molecule has 0 amide bonds. The van der Waals surface area contributed by atoms with Gasteiger partial charge in [-0.3, -0.25) is 0 Å². The molecule has 3 aromatic rings. The van der Waals surface area contributed by atoms with E-state index in [2.05, 4.69) is 37.0 Å². The Kier molecular flexibility index (Phi) is 7.80. The molecule has 186 valence electrons. The van der Waals surface area contributed by atoms with Crippen LogP contribution in [0.1, 0.15) is 62.3 Å². The van der Waals surface area contributed by atoms with Gasteiger partial charge in [-0.05, 0) is 81.9 Å². The molecular formula is C31H35FN4. The van der Waals surface area contributed by atoms with Gasteiger partial charge >= 0.3 is 0 Å². The number of hydrogen-bond donors (Lipinski definition) is 1. The number of benzene rings is 1. The lowest BCUT2D eigenvalue weighted by molar-refractivity contribution is 0.304. The van der Waals surface area contributed by atoms with Gasteiger partial charge < -0.3 is 5.73 Å². The fourth-order valence-electron chi connectivity index (χ4n) is 4.79. The van der Waals surface area contributed by atoms with Crippen LogP contribution in [0.4, 0.5) is 4.39 Å². The summed E-state index contributed by atoms with van der Waals surface area (Å²) >= 11 is 0. The first kappa shape index (κ1) is 25.5. The highest BCUT2D eigenvalue weighted by Gasteiger charge is 2.34. The minimum Gasteiger partial charge on any atom is -0.321 e. The Hall–Kier alpha value is -3.57. The van der Waals surface area contributed by atoms with Crippen LogP contribution in [0.5, 0.6) is 0 Å². The van der Waals surface area contributed by atoms with E-state index >= 15 is 0 Å². The van der Waals surface area contributed by atoms with Crippen molar-refractivity contribution in [1.29, 1.82) is 0 Å². The number of hydrogen-bond acceptors (Lipinski definition) is 3. The third-order valence-electron chi connectivity index (χ3n) is 6.91. The normalized spacial score (nSPS) is 16.9. The molecule has 2 aromatic heterocycles. The van der Waals surface area contributed by atoms with Gasteiger partial charge in [0.05, 0.1) is 11.4 Å². The van der Waals surface area contributed by atoms with Gasteiger partial charge in [0.15, 0.2) is 5.65 Å². The van der Waals surface area contributed by atoms with Gasteiger partial charge in [0, 0.05) is 34.8 Å². The second-order valence-corrected chi connectivity index (χ2v) is 9.52. The molecule has 2 heterocycles. The number of rotatable bonds is 9. The first-order valence-electron chi connectivity index (χ1n) is 12.6. The molecule has 5 heteroatoms. The van der Waals surface area contributed by atoms with Crippen molar-refractivity contribution in [3.63, 3.8) is 0 Å². The molecule has 0 spiro atoms. The minimum absolute atomic E-state index is 0.121. The monoisotopic (exact) mass is 482 g/mol. The maximum absolute atomic E-state index is 13.7. The summed E-state index contributed by atoms with van der Waals surface area (Å²) in [5, 5.41) is 4.78. The molecule has 4 nitrogen and oxygen atoms in total. The summed E-state index contributed by atoms with van der Waals surface area (Å²) < 4.78 is 15.5. The van der Waals surface area contributed by atoms with Gasteiger partial charge in [0.2, 0.25) is 0 Å². The number of nitrogens with zero attached hydrogens (tertiary/aromatic N) is 3. The predicted molar refractivity (Wildman–Crippen MR) is 148 cm³/mol. The Labute approximate surface area is 213 Å². The smallest absolute Gasteiger partial charge is 0.156 e. The van der Waals surface area contributed by atoms with E-state index in [1.165, 1.54) is 18.6 Å². The molecular weight excluding hydrogens is 447 g/mol. The van der Waals surface area contributed by atoms with Crippen LogP contribution in [0.2, 0.25) is 0 Å². The first-order valence-corrected chi connectivity index (χ1v) is 12.6. The van der Waals surface area contributed by atoms with Crippen molar-refractivity contribution < 1.29 is 4.39 Å². The summed E-state index contributed by atoms with van der Waals surface area (Å²) in [5.41, 5.74) is 12.7. The summed E-state index contributed by atoms with van der Waals surface area (Å²) in [6.07, 6.45) is 22.5. The molecule has 1 fully saturated rings. The SMILES string of the molecule is C=CCC(/C=C\C)c1cn2nc(-c3ccc(F)cc3C)cc2nc1/C=C/C=C(\C=C/C)C1(N)CCC1. The molecule has 4 rings (SSSR count). The average Bonchev–Trinajstić information content (AvgIpc) is 3.24. The average molecular weight is 483 g/mol. The Bertz CT molecular complexity index is 1370. The number of allylic oxidation sites excluding steroid dienone is 6. The second kappa shape index (κ2) is 11.0. The quantitative estimate of drug-likeness (QED) is 0.254. The second-order valence-electron chi connectivity index (χ2n) is 9.52. The zero-order valence-corrected chi connectivity index (χ0v) is 21.4. The fraction of sp³-hybridized carbons (Fsp3) is 0.290. The molecule has 1 aliphatic carbocycles.